The first-order valence-corrected chi connectivity index (χ1v) is 5.93. The van der Waals surface area contributed by atoms with Crippen LogP contribution in [0.3, 0.4) is 0 Å². The second-order valence-corrected chi connectivity index (χ2v) is 4.33. The van der Waals surface area contributed by atoms with Gasteiger partial charge in [-0.2, -0.15) is 0 Å². The van der Waals surface area contributed by atoms with Crippen LogP contribution in [0.4, 0.5) is 11.4 Å². The van der Waals surface area contributed by atoms with Gasteiger partial charge in [0.2, 0.25) is 11.8 Å². The van der Waals surface area contributed by atoms with Crippen molar-refractivity contribution in [2.75, 3.05) is 17.7 Å². The van der Waals surface area contributed by atoms with E-state index in [-0.39, 0.29) is 36.7 Å². The van der Waals surface area contributed by atoms with Crippen LogP contribution in [-0.4, -0.2) is 25.0 Å². The van der Waals surface area contributed by atoms with E-state index in [1.54, 1.807) is 25.1 Å². The SMILES string of the molecule is COc1ccc(NC(=O)CC(C)N)cc1NC(C)=O.Cl. The Bertz CT molecular complexity index is 478. The Balaban J connectivity index is 0.00000361. The summed E-state index contributed by atoms with van der Waals surface area (Å²) in [4.78, 5) is 22.7. The van der Waals surface area contributed by atoms with Crippen molar-refractivity contribution < 1.29 is 14.3 Å². The Morgan fingerprint density at radius 3 is 2.50 bits per heavy atom. The molecule has 1 aromatic rings. The third-order valence-corrected chi connectivity index (χ3v) is 2.30. The maximum atomic E-state index is 11.6. The highest BCUT2D eigenvalue weighted by Crippen LogP contribution is 2.27. The minimum Gasteiger partial charge on any atom is -0.495 e. The lowest BCUT2D eigenvalue weighted by Gasteiger charge is -2.12. The zero-order valence-electron chi connectivity index (χ0n) is 11.7. The fourth-order valence-corrected chi connectivity index (χ4v) is 1.58. The molecule has 0 saturated carbocycles. The molecule has 1 aromatic carbocycles. The van der Waals surface area contributed by atoms with E-state index in [0.29, 0.717) is 17.1 Å². The fourth-order valence-electron chi connectivity index (χ4n) is 1.58. The van der Waals surface area contributed by atoms with Crippen LogP contribution in [-0.2, 0) is 9.59 Å². The van der Waals surface area contributed by atoms with Gasteiger partial charge < -0.3 is 21.1 Å². The van der Waals surface area contributed by atoms with E-state index in [9.17, 15) is 9.59 Å². The van der Waals surface area contributed by atoms with Crippen molar-refractivity contribution in [3.8, 4) is 5.75 Å². The lowest BCUT2D eigenvalue weighted by atomic mass is 10.2. The number of halogens is 1. The standard InChI is InChI=1S/C13H19N3O3.ClH/c1-8(14)6-13(18)16-10-4-5-12(19-3)11(7-10)15-9(2)17;/h4-5,7-8H,6,14H2,1-3H3,(H,15,17)(H,16,18);1H. The number of rotatable bonds is 5. The van der Waals surface area contributed by atoms with Crippen LogP contribution in [0.1, 0.15) is 20.3 Å². The second-order valence-electron chi connectivity index (χ2n) is 4.33. The highest BCUT2D eigenvalue weighted by atomic mass is 35.5. The molecule has 1 atom stereocenters. The molecule has 6 nitrogen and oxygen atoms in total. The zero-order chi connectivity index (χ0) is 14.4. The van der Waals surface area contributed by atoms with Gasteiger partial charge >= 0.3 is 0 Å². The Morgan fingerprint density at radius 2 is 2.00 bits per heavy atom. The summed E-state index contributed by atoms with van der Waals surface area (Å²) in [7, 11) is 1.51. The summed E-state index contributed by atoms with van der Waals surface area (Å²) in [6, 6.07) is 4.81. The summed E-state index contributed by atoms with van der Waals surface area (Å²) in [5.74, 6) is 0.145. The predicted octanol–water partition coefficient (Wildman–Crippen LogP) is 1.75. The molecule has 0 saturated heterocycles. The van der Waals surface area contributed by atoms with E-state index in [0.717, 1.165) is 0 Å². The van der Waals surface area contributed by atoms with E-state index in [4.69, 9.17) is 10.5 Å². The molecule has 112 valence electrons. The average Bonchev–Trinajstić information content (AvgIpc) is 2.27. The first kappa shape index (κ1) is 18.2. The molecule has 1 unspecified atom stereocenters. The molecule has 4 N–H and O–H groups in total. The number of nitrogens with one attached hydrogen (secondary N) is 2. The van der Waals surface area contributed by atoms with Gasteiger partial charge in [0, 0.05) is 25.1 Å². The summed E-state index contributed by atoms with van der Waals surface area (Å²) < 4.78 is 5.12. The third kappa shape index (κ3) is 5.90. The number of hydrogen-bond acceptors (Lipinski definition) is 4. The lowest BCUT2D eigenvalue weighted by molar-refractivity contribution is -0.116. The largest absolute Gasteiger partial charge is 0.495 e. The summed E-state index contributed by atoms with van der Waals surface area (Å²) >= 11 is 0. The van der Waals surface area contributed by atoms with Gasteiger partial charge in [-0.15, -0.1) is 12.4 Å². The van der Waals surface area contributed by atoms with E-state index in [2.05, 4.69) is 10.6 Å². The molecule has 0 aliphatic heterocycles. The number of ether oxygens (including phenoxy) is 1. The Kier molecular flexibility index (Phi) is 7.64. The summed E-state index contributed by atoms with van der Waals surface area (Å²) in [5.41, 5.74) is 6.64. The number of nitrogens with two attached hydrogens (primary N) is 1. The van der Waals surface area contributed by atoms with E-state index >= 15 is 0 Å². The molecule has 0 bridgehead atoms. The van der Waals surface area contributed by atoms with Crippen LogP contribution in [0.2, 0.25) is 0 Å². The van der Waals surface area contributed by atoms with Crippen molar-refractivity contribution >= 4 is 35.6 Å². The molecule has 0 aliphatic rings. The molecule has 1 rings (SSSR count). The number of amides is 2. The van der Waals surface area contributed by atoms with Gasteiger partial charge in [0.05, 0.1) is 12.8 Å². The van der Waals surface area contributed by atoms with Crippen molar-refractivity contribution in [3.63, 3.8) is 0 Å². The fraction of sp³-hybridized carbons (Fsp3) is 0.385. The lowest BCUT2D eigenvalue weighted by Crippen LogP contribution is -2.24. The van der Waals surface area contributed by atoms with Gasteiger partial charge in [0.15, 0.2) is 0 Å². The number of methoxy groups -OCH3 is 1. The van der Waals surface area contributed by atoms with E-state index in [1.165, 1.54) is 14.0 Å². The maximum Gasteiger partial charge on any atom is 0.225 e. The first-order valence-electron chi connectivity index (χ1n) is 5.93. The summed E-state index contributed by atoms with van der Waals surface area (Å²) in [6.07, 6.45) is 0.238. The van der Waals surface area contributed by atoms with Gasteiger partial charge in [-0.3, -0.25) is 9.59 Å². The smallest absolute Gasteiger partial charge is 0.225 e. The molecule has 2 amide bonds. The first-order chi connectivity index (χ1) is 8.92. The van der Waals surface area contributed by atoms with Gasteiger partial charge in [-0.25, -0.2) is 0 Å². The van der Waals surface area contributed by atoms with Gasteiger partial charge in [-0.1, -0.05) is 0 Å². The topological polar surface area (TPSA) is 93.4 Å². The van der Waals surface area contributed by atoms with Crippen molar-refractivity contribution in [1.82, 2.24) is 0 Å². The minimum absolute atomic E-state index is 0. The van der Waals surface area contributed by atoms with Gasteiger partial charge in [-0.05, 0) is 25.1 Å². The molecular formula is C13H20ClN3O3. The zero-order valence-corrected chi connectivity index (χ0v) is 12.5. The molecule has 0 heterocycles. The van der Waals surface area contributed by atoms with Crippen molar-refractivity contribution in [2.24, 2.45) is 5.73 Å². The van der Waals surface area contributed by atoms with Gasteiger partial charge in [0.1, 0.15) is 5.75 Å². The molecule has 0 radical (unpaired) electrons. The van der Waals surface area contributed by atoms with Crippen molar-refractivity contribution in [3.05, 3.63) is 18.2 Å². The molecule has 0 aromatic heterocycles. The normalized spacial score (nSPS) is 11.0. The molecular weight excluding hydrogens is 282 g/mol. The number of benzene rings is 1. The number of carbonyl (C=O) groups is 2. The highest BCUT2D eigenvalue weighted by Gasteiger charge is 2.09. The van der Waals surface area contributed by atoms with E-state index in [1.807, 2.05) is 0 Å². The van der Waals surface area contributed by atoms with Crippen molar-refractivity contribution in [1.29, 1.82) is 0 Å². The predicted molar refractivity (Wildman–Crippen MR) is 81.4 cm³/mol. The summed E-state index contributed by atoms with van der Waals surface area (Å²) in [5, 5.41) is 5.35. The minimum atomic E-state index is -0.211. The average molecular weight is 302 g/mol. The van der Waals surface area contributed by atoms with Crippen LogP contribution in [0.5, 0.6) is 5.75 Å². The number of hydrogen-bond donors (Lipinski definition) is 3. The molecule has 0 fully saturated rings. The molecule has 20 heavy (non-hydrogen) atoms. The third-order valence-electron chi connectivity index (χ3n) is 2.30. The van der Waals surface area contributed by atoms with Gasteiger partial charge in [0.25, 0.3) is 0 Å². The van der Waals surface area contributed by atoms with Crippen LogP contribution >= 0.6 is 12.4 Å². The van der Waals surface area contributed by atoms with Crippen molar-refractivity contribution in [2.45, 2.75) is 26.3 Å². The van der Waals surface area contributed by atoms with E-state index < -0.39 is 0 Å². The highest BCUT2D eigenvalue weighted by molar-refractivity contribution is 5.94. The van der Waals surface area contributed by atoms with Crippen LogP contribution in [0.25, 0.3) is 0 Å². The second kappa shape index (κ2) is 8.39. The number of anilines is 2. The monoisotopic (exact) mass is 301 g/mol. The Hall–Kier alpha value is -1.79. The quantitative estimate of drug-likeness (QED) is 0.772. The molecule has 0 aliphatic carbocycles. The van der Waals surface area contributed by atoms with Crippen LogP contribution in [0, 0.1) is 0 Å². The van der Waals surface area contributed by atoms with Crippen LogP contribution < -0.4 is 21.1 Å². The summed E-state index contributed by atoms with van der Waals surface area (Å²) in [6.45, 7) is 3.16. The number of carbonyl (C=O) groups excluding carboxylic acids is 2. The molecule has 0 spiro atoms. The maximum absolute atomic E-state index is 11.6. The van der Waals surface area contributed by atoms with Crippen LogP contribution in [0.15, 0.2) is 18.2 Å². The Labute approximate surface area is 124 Å². The Morgan fingerprint density at radius 1 is 1.35 bits per heavy atom. The molecule has 7 heteroatoms.